The number of nitrogens with zero attached hydrogens (tertiary/aromatic N) is 3. The molecular weight excluding hydrogens is 364 g/mol. The first kappa shape index (κ1) is 16.6. The van der Waals surface area contributed by atoms with Crippen LogP contribution in [0.15, 0.2) is 33.9 Å². The molecule has 0 bridgehead atoms. The molecule has 0 saturated heterocycles. The van der Waals surface area contributed by atoms with Crippen LogP contribution in [0.2, 0.25) is 0 Å². The van der Waals surface area contributed by atoms with E-state index in [0.717, 1.165) is 23.4 Å². The largest absolute Gasteiger partial charge is 0.454 e. The van der Waals surface area contributed by atoms with Gasteiger partial charge in [0.15, 0.2) is 17.3 Å². The number of fused-ring (bicyclic) bond motifs is 2. The van der Waals surface area contributed by atoms with Gasteiger partial charge in [0, 0.05) is 5.92 Å². The number of carbonyl (C=O) groups excluding carboxylic acids is 1. The average Bonchev–Trinajstić information content (AvgIpc) is 3.32. The number of aliphatic imine (C=N–C) groups is 1. The summed E-state index contributed by atoms with van der Waals surface area (Å²) in [5.41, 5.74) is 0.987. The van der Waals surface area contributed by atoms with Crippen LogP contribution >= 0.6 is 11.8 Å². The van der Waals surface area contributed by atoms with Crippen molar-refractivity contribution < 1.29 is 14.3 Å². The number of hydrogen-bond donors (Lipinski definition) is 1. The van der Waals surface area contributed by atoms with Crippen LogP contribution in [-0.4, -0.2) is 33.8 Å². The molecule has 1 aromatic carbocycles. The maximum atomic E-state index is 12.5. The van der Waals surface area contributed by atoms with Gasteiger partial charge in [-0.1, -0.05) is 25.3 Å². The maximum absolute atomic E-state index is 12.5. The van der Waals surface area contributed by atoms with Gasteiger partial charge < -0.3 is 9.47 Å². The number of thioether (sulfide) groups is 1. The number of amidine groups is 2. The molecule has 1 saturated carbocycles. The second-order valence-electron chi connectivity index (χ2n) is 6.91. The Labute approximate surface area is 160 Å². The van der Waals surface area contributed by atoms with Gasteiger partial charge in [-0.15, -0.1) is 0 Å². The van der Waals surface area contributed by atoms with E-state index in [1.807, 2.05) is 6.07 Å². The second kappa shape index (κ2) is 6.53. The molecule has 27 heavy (non-hydrogen) atoms. The van der Waals surface area contributed by atoms with Crippen LogP contribution in [0.1, 0.15) is 37.7 Å². The highest BCUT2D eigenvalue weighted by atomic mass is 32.2. The quantitative estimate of drug-likeness (QED) is 0.790. The van der Waals surface area contributed by atoms with Crippen LogP contribution in [0.3, 0.4) is 0 Å². The van der Waals surface area contributed by atoms with Crippen molar-refractivity contribution in [2.75, 3.05) is 6.79 Å². The SMILES string of the molecule is N=C1/C(=C\c2ccc3c(c2)OCO3)C(=O)N=C2SC(C3CCCCC3)=NN12. The minimum absolute atomic E-state index is 0.0703. The van der Waals surface area contributed by atoms with Gasteiger partial charge in [0.2, 0.25) is 12.0 Å². The first-order valence-corrected chi connectivity index (χ1v) is 9.90. The molecule has 3 aliphatic heterocycles. The molecule has 0 aromatic heterocycles. The van der Waals surface area contributed by atoms with Crippen LogP contribution in [0.4, 0.5) is 0 Å². The lowest BCUT2D eigenvalue weighted by Crippen LogP contribution is -2.35. The smallest absolute Gasteiger partial charge is 0.283 e. The molecule has 0 atom stereocenters. The van der Waals surface area contributed by atoms with Crippen molar-refractivity contribution in [1.29, 1.82) is 5.41 Å². The van der Waals surface area contributed by atoms with Crippen molar-refractivity contribution in [2.45, 2.75) is 32.1 Å². The Morgan fingerprint density at radius 1 is 1.19 bits per heavy atom. The molecule has 5 rings (SSSR count). The van der Waals surface area contributed by atoms with Gasteiger partial charge >= 0.3 is 0 Å². The fourth-order valence-corrected chi connectivity index (χ4v) is 4.75. The lowest BCUT2D eigenvalue weighted by molar-refractivity contribution is -0.114. The zero-order chi connectivity index (χ0) is 18.4. The highest BCUT2D eigenvalue weighted by Gasteiger charge is 2.37. The summed E-state index contributed by atoms with van der Waals surface area (Å²) in [4.78, 5) is 16.7. The van der Waals surface area contributed by atoms with Gasteiger partial charge in [-0.05, 0) is 48.4 Å². The highest BCUT2D eigenvalue weighted by Crippen LogP contribution is 2.37. The normalized spacial score (nSPS) is 23.6. The number of carbonyl (C=O) groups is 1. The predicted molar refractivity (Wildman–Crippen MR) is 104 cm³/mol. The van der Waals surface area contributed by atoms with Gasteiger partial charge in [0.1, 0.15) is 5.04 Å². The van der Waals surface area contributed by atoms with Crippen LogP contribution in [0.25, 0.3) is 6.08 Å². The number of ether oxygens (including phenoxy) is 2. The van der Waals surface area contributed by atoms with Gasteiger partial charge in [0.25, 0.3) is 5.91 Å². The molecule has 1 amide bonds. The Kier molecular flexibility index (Phi) is 4.00. The molecule has 1 aliphatic carbocycles. The molecule has 7 nitrogen and oxygen atoms in total. The van der Waals surface area contributed by atoms with Crippen LogP contribution in [0, 0.1) is 11.3 Å². The summed E-state index contributed by atoms with van der Waals surface area (Å²) < 4.78 is 10.7. The molecule has 0 radical (unpaired) electrons. The maximum Gasteiger partial charge on any atom is 0.283 e. The summed E-state index contributed by atoms with van der Waals surface area (Å²) in [6, 6.07) is 5.42. The Hall–Kier alpha value is -2.61. The average molecular weight is 382 g/mol. The van der Waals surface area contributed by atoms with E-state index in [1.165, 1.54) is 36.0 Å². The molecule has 3 heterocycles. The zero-order valence-electron chi connectivity index (χ0n) is 14.6. The van der Waals surface area contributed by atoms with E-state index < -0.39 is 5.91 Å². The van der Waals surface area contributed by atoms with E-state index in [9.17, 15) is 4.79 Å². The van der Waals surface area contributed by atoms with Crippen molar-refractivity contribution in [3.63, 3.8) is 0 Å². The number of nitrogens with one attached hydrogen (secondary N) is 1. The van der Waals surface area contributed by atoms with Crippen molar-refractivity contribution >= 4 is 39.8 Å². The standard InChI is InChI=1S/C19H18N4O3S/c20-16-13(8-11-6-7-14-15(9-11)26-10-25-14)17(24)21-19-23(16)22-18(27-19)12-4-2-1-3-5-12/h6-9,12,20H,1-5,10H2/b13-8+,20-16?. The highest BCUT2D eigenvalue weighted by molar-refractivity contribution is 8.27. The third-order valence-electron chi connectivity index (χ3n) is 5.13. The molecule has 0 spiro atoms. The summed E-state index contributed by atoms with van der Waals surface area (Å²) >= 11 is 1.43. The Morgan fingerprint density at radius 3 is 2.85 bits per heavy atom. The van der Waals surface area contributed by atoms with E-state index in [0.29, 0.717) is 22.6 Å². The van der Waals surface area contributed by atoms with E-state index in [2.05, 4.69) is 10.1 Å². The van der Waals surface area contributed by atoms with E-state index in [1.54, 1.807) is 18.2 Å². The summed E-state index contributed by atoms with van der Waals surface area (Å²) in [5, 5.41) is 16.1. The van der Waals surface area contributed by atoms with Crippen molar-refractivity contribution in [1.82, 2.24) is 5.01 Å². The molecule has 1 fully saturated rings. The van der Waals surface area contributed by atoms with E-state index in [4.69, 9.17) is 14.9 Å². The third kappa shape index (κ3) is 2.93. The fraction of sp³-hybridized carbons (Fsp3) is 0.368. The Morgan fingerprint density at radius 2 is 2.00 bits per heavy atom. The van der Waals surface area contributed by atoms with Gasteiger partial charge in [0.05, 0.1) is 5.57 Å². The summed E-state index contributed by atoms with van der Waals surface area (Å²) in [6.45, 7) is 0.196. The molecular formula is C19H18N4O3S. The number of benzene rings is 1. The summed E-state index contributed by atoms with van der Waals surface area (Å²) in [6.07, 6.45) is 7.59. The van der Waals surface area contributed by atoms with Crippen LogP contribution < -0.4 is 9.47 Å². The molecule has 138 valence electrons. The second-order valence-corrected chi connectivity index (χ2v) is 7.89. The van der Waals surface area contributed by atoms with Crippen molar-refractivity contribution in [2.24, 2.45) is 16.0 Å². The molecule has 4 aliphatic rings. The molecule has 1 aromatic rings. The van der Waals surface area contributed by atoms with Crippen molar-refractivity contribution in [3.8, 4) is 11.5 Å². The number of hydrazone groups is 1. The predicted octanol–water partition coefficient (Wildman–Crippen LogP) is 3.61. The van der Waals surface area contributed by atoms with E-state index >= 15 is 0 Å². The van der Waals surface area contributed by atoms with Crippen molar-refractivity contribution in [3.05, 3.63) is 29.3 Å². The molecule has 8 heteroatoms. The van der Waals surface area contributed by atoms with Gasteiger partial charge in [-0.25, -0.2) is 0 Å². The van der Waals surface area contributed by atoms with Crippen LogP contribution in [0.5, 0.6) is 11.5 Å². The first-order valence-electron chi connectivity index (χ1n) is 9.09. The third-order valence-corrected chi connectivity index (χ3v) is 6.20. The number of rotatable bonds is 2. The fourth-order valence-electron chi connectivity index (χ4n) is 3.69. The lowest BCUT2D eigenvalue weighted by atomic mass is 9.90. The Bertz CT molecular complexity index is 931. The zero-order valence-corrected chi connectivity index (χ0v) is 15.4. The molecule has 0 unspecified atom stereocenters. The number of amides is 1. The minimum Gasteiger partial charge on any atom is -0.454 e. The topological polar surface area (TPSA) is 87.3 Å². The lowest BCUT2D eigenvalue weighted by Gasteiger charge is -2.20. The Balaban J connectivity index is 1.44. The summed E-state index contributed by atoms with van der Waals surface area (Å²) in [7, 11) is 0. The minimum atomic E-state index is -0.406. The van der Waals surface area contributed by atoms with E-state index in [-0.39, 0.29) is 18.2 Å². The number of hydrogen-bond acceptors (Lipinski definition) is 6. The first-order chi connectivity index (χ1) is 13.2. The van der Waals surface area contributed by atoms with Gasteiger partial charge in [-0.2, -0.15) is 15.1 Å². The summed E-state index contributed by atoms with van der Waals surface area (Å²) in [5.74, 6) is 1.40. The molecule has 1 N–H and O–H groups in total. The monoisotopic (exact) mass is 382 g/mol. The van der Waals surface area contributed by atoms with Gasteiger partial charge in [-0.3, -0.25) is 10.2 Å². The van der Waals surface area contributed by atoms with Crippen LogP contribution in [-0.2, 0) is 4.79 Å².